The summed E-state index contributed by atoms with van der Waals surface area (Å²) < 4.78 is 0. The number of benzene rings is 4. The van der Waals surface area contributed by atoms with Crippen LogP contribution in [0, 0.1) is 11.8 Å². The molecule has 0 amide bonds. The van der Waals surface area contributed by atoms with Crippen LogP contribution in [0.2, 0.25) is 0 Å². The largest absolute Gasteiger partial charge is 0.391 e. The van der Waals surface area contributed by atoms with Crippen molar-refractivity contribution >= 4 is 5.78 Å². The van der Waals surface area contributed by atoms with Crippen molar-refractivity contribution in [2.75, 3.05) is 26.2 Å². The van der Waals surface area contributed by atoms with Gasteiger partial charge < -0.3 is 5.11 Å². The monoisotopic (exact) mass is 616 g/mol. The predicted molar refractivity (Wildman–Crippen MR) is 190 cm³/mol. The van der Waals surface area contributed by atoms with Crippen molar-refractivity contribution in [3.63, 3.8) is 0 Å². The van der Waals surface area contributed by atoms with Gasteiger partial charge in [-0.15, -0.1) is 0 Å². The van der Waals surface area contributed by atoms with E-state index in [0.717, 1.165) is 51.9 Å². The third-order valence-corrected chi connectivity index (χ3v) is 10.7. The molecule has 4 heteroatoms. The van der Waals surface area contributed by atoms with Crippen molar-refractivity contribution in [3.8, 4) is 0 Å². The number of ketones is 1. The van der Waals surface area contributed by atoms with Crippen LogP contribution in [0.15, 0.2) is 121 Å². The van der Waals surface area contributed by atoms with E-state index < -0.39 is 0 Å². The normalized spacial score (nSPS) is 27.7. The maximum atomic E-state index is 12.9. The van der Waals surface area contributed by atoms with Gasteiger partial charge >= 0.3 is 0 Å². The number of piperidine rings is 6. The minimum absolute atomic E-state index is 0. The zero-order valence-corrected chi connectivity index (χ0v) is 25.5. The molecule has 0 spiro atoms. The molecule has 1 N–H and O–H groups in total. The van der Waals surface area contributed by atoms with Gasteiger partial charge in [0.05, 0.1) is 12.1 Å². The van der Waals surface area contributed by atoms with E-state index in [-0.39, 0.29) is 50.8 Å². The van der Waals surface area contributed by atoms with Crippen LogP contribution in [0.5, 0.6) is 0 Å². The highest BCUT2D eigenvalue weighted by Gasteiger charge is 2.46. The summed E-state index contributed by atoms with van der Waals surface area (Å²) in [6.07, 6.45) is 4.17. The average Bonchev–Trinajstić information content (AvgIpc) is 3.10. The number of carbonyl (C=O) groups excluding carboxylic acids is 1. The van der Waals surface area contributed by atoms with Crippen LogP contribution >= 0.6 is 0 Å². The van der Waals surface area contributed by atoms with E-state index in [4.69, 9.17) is 0 Å². The highest BCUT2D eigenvalue weighted by atomic mass is 16.3. The van der Waals surface area contributed by atoms with E-state index in [1.165, 1.54) is 22.3 Å². The van der Waals surface area contributed by atoms with Gasteiger partial charge in [-0.3, -0.25) is 14.6 Å². The second-order valence-corrected chi connectivity index (χ2v) is 13.1. The Kier molecular flexibility index (Phi) is 11.3. The van der Waals surface area contributed by atoms with Gasteiger partial charge in [-0.25, -0.2) is 0 Å². The smallest absolute Gasteiger partial charge is 0.154 e. The van der Waals surface area contributed by atoms with Crippen LogP contribution < -0.4 is 0 Å². The fraction of sp³-hybridized carbons (Fsp3) is 0.405. The molecule has 6 fully saturated rings. The summed E-state index contributed by atoms with van der Waals surface area (Å²) in [5.41, 5.74) is 5.12. The lowest BCUT2D eigenvalue weighted by Gasteiger charge is -2.51. The van der Waals surface area contributed by atoms with Gasteiger partial charge in [0.25, 0.3) is 0 Å². The standard InChI is InChI=1S/C20H23NO.C20H21NO.2CH4/c2*22-20-17-11-13-21(14-12-17)19(20)18(15-7-3-1-4-8-15)16-9-5-2-6-10-16;;/h1-10,17-20,22H,11-14H2;1-10,17-19H,11-14H2;2*1H4/t19-,20-;;;/m0.../s1. The van der Waals surface area contributed by atoms with E-state index in [0.29, 0.717) is 11.7 Å². The van der Waals surface area contributed by atoms with Crippen LogP contribution in [0.25, 0.3) is 0 Å². The van der Waals surface area contributed by atoms with Gasteiger partial charge in [-0.05, 0) is 80.0 Å². The minimum atomic E-state index is -0.215. The van der Waals surface area contributed by atoms with E-state index in [2.05, 4.69) is 119 Å². The lowest BCUT2D eigenvalue weighted by Crippen LogP contribution is -2.60. The third kappa shape index (κ3) is 6.76. The zero-order valence-electron chi connectivity index (χ0n) is 25.5. The summed E-state index contributed by atoms with van der Waals surface area (Å²) in [4.78, 5) is 17.9. The number of Topliss-reactive ketones (excluding diaryl/α,β-unsaturated/α-hetero) is 1. The molecule has 0 aromatic heterocycles. The second kappa shape index (κ2) is 15.3. The number of aliphatic hydroxyl groups is 1. The molecule has 3 atom stereocenters. The van der Waals surface area contributed by atoms with Crippen molar-refractivity contribution in [1.82, 2.24) is 9.80 Å². The van der Waals surface area contributed by atoms with E-state index >= 15 is 0 Å². The molecular formula is C42H52N2O2. The number of fused-ring (bicyclic) bond motifs is 6. The van der Waals surface area contributed by atoms with Crippen LogP contribution in [-0.2, 0) is 4.79 Å². The lowest BCUT2D eigenvalue weighted by atomic mass is 9.72. The molecule has 6 saturated heterocycles. The molecule has 4 nitrogen and oxygen atoms in total. The Hall–Kier alpha value is -3.57. The molecule has 4 aromatic rings. The van der Waals surface area contributed by atoms with Crippen LogP contribution in [0.4, 0.5) is 0 Å². The molecule has 1 unspecified atom stereocenters. The van der Waals surface area contributed by atoms with Crippen molar-refractivity contribution in [1.29, 1.82) is 0 Å². The van der Waals surface area contributed by atoms with E-state index in [1.807, 2.05) is 12.1 Å². The van der Waals surface area contributed by atoms with Crippen LogP contribution in [0.3, 0.4) is 0 Å². The quantitative estimate of drug-likeness (QED) is 0.238. The number of hydrogen-bond acceptors (Lipinski definition) is 4. The van der Waals surface area contributed by atoms with Gasteiger partial charge in [-0.2, -0.15) is 0 Å². The molecule has 6 aliphatic rings. The minimum Gasteiger partial charge on any atom is -0.391 e. The molecule has 0 saturated carbocycles. The third-order valence-electron chi connectivity index (χ3n) is 10.7. The predicted octanol–water partition coefficient (Wildman–Crippen LogP) is 8.03. The van der Waals surface area contributed by atoms with Crippen molar-refractivity contribution in [2.45, 2.75) is 70.6 Å². The summed E-state index contributed by atoms with van der Waals surface area (Å²) in [5.74, 6) is 1.61. The van der Waals surface area contributed by atoms with Gasteiger partial charge in [0.15, 0.2) is 5.78 Å². The van der Waals surface area contributed by atoms with Crippen molar-refractivity contribution < 1.29 is 9.90 Å². The molecule has 46 heavy (non-hydrogen) atoms. The zero-order chi connectivity index (χ0) is 29.9. The number of carbonyl (C=O) groups is 1. The van der Waals surface area contributed by atoms with Crippen molar-refractivity contribution in [2.24, 2.45) is 11.8 Å². The van der Waals surface area contributed by atoms with Crippen LogP contribution in [-0.4, -0.2) is 65.1 Å². The number of nitrogens with zero attached hydrogens (tertiary/aromatic N) is 2. The maximum absolute atomic E-state index is 12.9. The molecule has 4 aromatic carbocycles. The fourth-order valence-electron chi connectivity index (χ4n) is 8.51. The molecule has 6 aliphatic heterocycles. The summed E-state index contributed by atoms with van der Waals surface area (Å²) in [5, 5.41) is 10.9. The first-order valence-corrected chi connectivity index (χ1v) is 16.6. The first kappa shape index (κ1) is 33.8. The summed E-state index contributed by atoms with van der Waals surface area (Å²) in [6.45, 7) is 4.39. The Labute approximate surface area is 277 Å². The summed E-state index contributed by atoms with van der Waals surface area (Å²) in [7, 11) is 0. The summed E-state index contributed by atoms with van der Waals surface area (Å²) >= 11 is 0. The Morgan fingerprint density at radius 1 is 0.522 bits per heavy atom. The Balaban J connectivity index is 0.000000174. The SMILES string of the molecule is C.C.O=C1C2CCN(CC2)C1C(c1ccccc1)c1ccccc1.O[C@H]1C2CCN(CC2)[C@H]1C(c1ccccc1)c1ccccc1. The number of hydrogen-bond donors (Lipinski definition) is 1. The van der Waals surface area contributed by atoms with Gasteiger partial charge in [0.1, 0.15) is 0 Å². The number of aliphatic hydroxyl groups excluding tert-OH is 1. The first-order valence-electron chi connectivity index (χ1n) is 16.6. The maximum Gasteiger partial charge on any atom is 0.154 e. The van der Waals surface area contributed by atoms with Crippen molar-refractivity contribution in [3.05, 3.63) is 144 Å². The Bertz CT molecular complexity index is 1400. The highest BCUT2D eigenvalue weighted by Crippen LogP contribution is 2.42. The highest BCUT2D eigenvalue weighted by molar-refractivity contribution is 5.89. The van der Waals surface area contributed by atoms with Gasteiger partial charge in [0.2, 0.25) is 0 Å². The second-order valence-electron chi connectivity index (χ2n) is 13.1. The Morgan fingerprint density at radius 2 is 0.891 bits per heavy atom. The van der Waals surface area contributed by atoms with Crippen LogP contribution in [0.1, 0.15) is 74.6 Å². The lowest BCUT2D eigenvalue weighted by molar-refractivity contribution is -0.137. The molecule has 0 radical (unpaired) electrons. The topological polar surface area (TPSA) is 43.8 Å². The summed E-state index contributed by atoms with van der Waals surface area (Å²) in [6, 6.07) is 42.6. The number of rotatable bonds is 6. The molecule has 242 valence electrons. The molecular weight excluding hydrogens is 564 g/mol. The Morgan fingerprint density at radius 3 is 1.26 bits per heavy atom. The van der Waals surface area contributed by atoms with E-state index in [1.54, 1.807) is 0 Å². The van der Waals surface area contributed by atoms with Gasteiger partial charge in [0, 0.05) is 23.8 Å². The van der Waals surface area contributed by atoms with E-state index in [9.17, 15) is 9.90 Å². The average molecular weight is 617 g/mol. The molecule has 0 aliphatic carbocycles. The first-order chi connectivity index (χ1) is 21.7. The molecule has 4 bridgehead atoms. The molecule has 6 heterocycles. The molecule has 10 rings (SSSR count). The fourth-order valence-corrected chi connectivity index (χ4v) is 8.51. The van der Waals surface area contributed by atoms with Gasteiger partial charge in [-0.1, -0.05) is 136 Å².